The van der Waals surface area contributed by atoms with Crippen LogP contribution >= 0.6 is 0 Å². The van der Waals surface area contributed by atoms with E-state index in [2.05, 4.69) is 23.6 Å². The molecule has 0 saturated carbocycles. The molecule has 2 aliphatic rings. The van der Waals surface area contributed by atoms with Gasteiger partial charge in [0.25, 0.3) is 0 Å². The van der Waals surface area contributed by atoms with Crippen LogP contribution in [0.4, 0.5) is 0 Å². The highest BCUT2D eigenvalue weighted by Gasteiger charge is 2.41. The van der Waals surface area contributed by atoms with Crippen LogP contribution in [-0.4, -0.2) is 72.4 Å². The lowest BCUT2D eigenvalue weighted by Gasteiger charge is -2.37. The molecule has 0 aromatic rings. The Balaban J connectivity index is 1.84. The molecule has 2 rings (SSSR count). The number of ether oxygens (including phenoxy) is 1. The first-order chi connectivity index (χ1) is 8.90. The number of carbonyl (C=O) groups is 1. The van der Waals surface area contributed by atoms with Crippen molar-refractivity contribution in [2.24, 2.45) is 5.41 Å². The molecule has 1 N–H and O–H groups in total. The third-order valence-corrected chi connectivity index (χ3v) is 4.43. The number of hydrogen-bond acceptors (Lipinski definition) is 4. The van der Waals surface area contributed by atoms with Gasteiger partial charge in [0.05, 0.1) is 18.1 Å². The summed E-state index contributed by atoms with van der Waals surface area (Å²) >= 11 is 0. The molecule has 0 aromatic heterocycles. The van der Waals surface area contributed by atoms with Crippen LogP contribution in [0.3, 0.4) is 0 Å². The topological polar surface area (TPSA) is 53.0 Å². The van der Waals surface area contributed by atoms with Crippen molar-refractivity contribution in [2.45, 2.75) is 39.3 Å². The molecule has 2 atom stereocenters. The zero-order valence-electron chi connectivity index (χ0n) is 12.3. The Labute approximate surface area is 115 Å². The van der Waals surface area contributed by atoms with Crippen LogP contribution in [0.2, 0.25) is 0 Å². The molecule has 19 heavy (non-hydrogen) atoms. The van der Waals surface area contributed by atoms with E-state index in [0.717, 1.165) is 39.2 Å². The van der Waals surface area contributed by atoms with Crippen LogP contribution in [0.5, 0.6) is 0 Å². The summed E-state index contributed by atoms with van der Waals surface area (Å²) in [7, 11) is 0. The number of nitrogens with zero attached hydrogens (tertiary/aromatic N) is 2. The van der Waals surface area contributed by atoms with E-state index in [0.29, 0.717) is 12.6 Å². The highest BCUT2D eigenvalue weighted by Crippen LogP contribution is 2.30. The van der Waals surface area contributed by atoms with Crippen molar-refractivity contribution in [1.29, 1.82) is 0 Å². The predicted octanol–water partition coefficient (Wildman–Crippen LogP) is 0.892. The molecular formula is C14H26N2O3. The number of likely N-dealkylation sites (tertiary alicyclic amines) is 1. The van der Waals surface area contributed by atoms with E-state index < -0.39 is 11.4 Å². The van der Waals surface area contributed by atoms with Crippen LogP contribution in [0.1, 0.15) is 27.2 Å². The molecule has 5 nitrogen and oxygen atoms in total. The summed E-state index contributed by atoms with van der Waals surface area (Å²) in [5, 5.41) is 9.24. The fourth-order valence-electron chi connectivity index (χ4n) is 3.00. The van der Waals surface area contributed by atoms with E-state index in [1.54, 1.807) is 0 Å². The molecule has 2 aliphatic heterocycles. The zero-order valence-corrected chi connectivity index (χ0v) is 12.3. The van der Waals surface area contributed by atoms with Gasteiger partial charge in [0.1, 0.15) is 0 Å². The average molecular weight is 270 g/mol. The Hall–Kier alpha value is -0.650. The maximum absolute atomic E-state index is 11.2. The van der Waals surface area contributed by atoms with Crippen LogP contribution in [0.15, 0.2) is 0 Å². The molecule has 2 unspecified atom stereocenters. The summed E-state index contributed by atoms with van der Waals surface area (Å²) in [6.07, 6.45) is 0.954. The van der Waals surface area contributed by atoms with Crippen LogP contribution in [0.25, 0.3) is 0 Å². The van der Waals surface area contributed by atoms with E-state index in [1.165, 1.54) is 0 Å². The van der Waals surface area contributed by atoms with Gasteiger partial charge in [0.15, 0.2) is 0 Å². The van der Waals surface area contributed by atoms with Crippen LogP contribution in [-0.2, 0) is 9.53 Å². The van der Waals surface area contributed by atoms with E-state index in [-0.39, 0.29) is 6.10 Å². The lowest BCUT2D eigenvalue weighted by molar-refractivity contribution is -0.147. The van der Waals surface area contributed by atoms with Gasteiger partial charge in [-0.15, -0.1) is 0 Å². The summed E-state index contributed by atoms with van der Waals surface area (Å²) in [6.45, 7) is 11.4. The lowest BCUT2D eigenvalue weighted by atomic mass is 9.90. The van der Waals surface area contributed by atoms with E-state index in [4.69, 9.17) is 4.74 Å². The quantitative estimate of drug-likeness (QED) is 0.822. The van der Waals surface area contributed by atoms with E-state index in [1.807, 2.05) is 6.92 Å². The normalized spacial score (nSPS) is 34.0. The van der Waals surface area contributed by atoms with Gasteiger partial charge in [-0.1, -0.05) is 0 Å². The molecule has 0 bridgehead atoms. The molecule has 0 radical (unpaired) electrons. The first kappa shape index (κ1) is 14.8. The fourth-order valence-corrected chi connectivity index (χ4v) is 3.00. The molecule has 0 spiro atoms. The monoisotopic (exact) mass is 270 g/mol. The van der Waals surface area contributed by atoms with Crippen molar-refractivity contribution in [1.82, 2.24) is 9.80 Å². The van der Waals surface area contributed by atoms with Gasteiger partial charge in [-0.2, -0.15) is 0 Å². The lowest BCUT2D eigenvalue weighted by Crippen LogP contribution is -2.49. The first-order valence-corrected chi connectivity index (χ1v) is 7.22. The van der Waals surface area contributed by atoms with Crippen molar-refractivity contribution in [3.63, 3.8) is 0 Å². The first-order valence-electron chi connectivity index (χ1n) is 7.22. The zero-order chi connectivity index (χ0) is 14.0. The number of hydrogen-bond donors (Lipinski definition) is 1. The summed E-state index contributed by atoms with van der Waals surface area (Å²) in [5.74, 6) is -0.677. The second-order valence-electron chi connectivity index (χ2n) is 6.43. The molecule has 2 heterocycles. The average Bonchev–Trinajstić information content (AvgIpc) is 2.72. The molecule has 0 amide bonds. The second kappa shape index (κ2) is 5.77. The summed E-state index contributed by atoms with van der Waals surface area (Å²) in [4.78, 5) is 15.9. The van der Waals surface area contributed by atoms with Gasteiger partial charge in [-0.3, -0.25) is 14.6 Å². The minimum Gasteiger partial charge on any atom is -0.481 e. The van der Waals surface area contributed by atoms with E-state index in [9.17, 15) is 9.90 Å². The largest absolute Gasteiger partial charge is 0.481 e. The summed E-state index contributed by atoms with van der Waals surface area (Å²) in [5.41, 5.74) is -0.577. The molecule has 2 fully saturated rings. The minimum absolute atomic E-state index is 0.215. The van der Waals surface area contributed by atoms with Crippen molar-refractivity contribution >= 4 is 5.97 Å². The van der Waals surface area contributed by atoms with Crippen molar-refractivity contribution in [2.75, 3.05) is 39.3 Å². The van der Waals surface area contributed by atoms with Crippen molar-refractivity contribution in [3.05, 3.63) is 0 Å². The number of carboxylic acids is 1. The number of aliphatic carboxylic acids is 1. The minimum atomic E-state index is -0.677. The SMILES string of the molecule is CC(C)N1CCOC(CN2CCC(C)(C(=O)O)C2)C1. The Morgan fingerprint density at radius 2 is 2.21 bits per heavy atom. The van der Waals surface area contributed by atoms with Gasteiger partial charge >= 0.3 is 5.97 Å². The molecule has 0 aliphatic carbocycles. The molecule has 110 valence electrons. The standard InChI is InChI=1S/C14H26N2O3/c1-11(2)16-6-7-19-12(9-16)8-15-5-4-14(3,10-15)13(17)18/h11-12H,4-10H2,1-3H3,(H,17,18). The fraction of sp³-hybridized carbons (Fsp3) is 0.929. The number of rotatable bonds is 4. The smallest absolute Gasteiger partial charge is 0.310 e. The highest BCUT2D eigenvalue weighted by molar-refractivity contribution is 5.74. The molecule has 5 heteroatoms. The number of morpholine rings is 1. The Morgan fingerprint density at radius 3 is 2.79 bits per heavy atom. The Kier molecular flexibility index (Phi) is 4.48. The predicted molar refractivity (Wildman–Crippen MR) is 73.2 cm³/mol. The van der Waals surface area contributed by atoms with E-state index >= 15 is 0 Å². The highest BCUT2D eigenvalue weighted by atomic mass is 16.5. The number of carboxylic acid groups (broad SMARTS) is 1. The summed E-state index contributed by atoms with van der Waals surface area (Å²) < 4.78 is 5.82. The van der Waals surface area contributed by atoms with Crippen LogP contribution < -0.4 is 0 Å². The molecule has 0 aromatic carbocycles. The Morgan fingerprint density at radius 1 is 1.47 bits per heavy atom. The second-order valence-corrected chi connectivity index (χ2v) is 6.43. The maximum atomic E-state index is 11.2. The van der Waals surface area contributed by atoms with Crippen molar-refractivity contribution < 1.29 is 14.6 Å². The summed E-state index contributed by atoms with van der Waals surface area (Å²) in [6, 6.07) is 0.550. The third kappa shape index (κ3) is 3.46. The maximum Gasteiger partial charge on any atom is 0.310 e. The van der Waals surface area contributed by atoms with Gasteiger partial charge in [0.2, 0.25) is 0 Å². The molecular weight excluding hydrogens is 244 g/mol. The van der Waals surface area contributed by atoms with Gasteiger partial charge in [-0.25, -0.2) is 0 Å². The van der Waals surface area contributed by atoms with Gasteiger partial charge in [0, 0.05) is 32.2 Å². The molecule has 2 saturated heterocycles. The third-order valence-electron chi connectivity index (χ3n) is 4.43. The van der Waals surface area contributed by atoms with Crippen molar-refractivity contribution in [3.8, 4) is 0 Å². The Bertz CT molecular complexity index is 335. The van der Waals surface area contributed by atoms with Crippen LogP contribution in [0, 0.1) is 5.41 Å². The van der Waals surface area contributed by atoms with Gasteiger partial charge < -0.3 is 9.84 Å². The van der Waals surface area contributed by atoms with Gasteiger partial charge in [-0.05, 0) is 33.7 Å².